The van der Waals surface area contributed by atoms with E-state index in [4.69, 9.17) is 11.6 Å². The molecule has 0 aromatic heterocycles. The second kappa shape index (κ2) is 14.6. The zero-order valence-corrected chi connectivity index (χ0v) is 20.8. The van der Waals surface area contributed by atoms with E-state index in [1.54, 1.807) is 37.4 Å². The summed E-state index contributed by atoms with van der Waals surface area (Å²) in [7, 11) is 1.62. The zero-order chi connectivity index (χ0) is 21.8. The normalized spacial score (nSPS) is 10.6. The van der Waals surface area contributed by atoms with Gasteiger partial charge in [0.2, 0.25) is 0 Å². The third-order valence-electron chi connectivity index (χ3n) is 4.24. The van der Waals surface area contributed by atoms with Crippen molar-refractivity contribution >= 4 is 53.4 Å². The van der Waals surface area contributed by atoms with Gasteiger partial charge in [-0.15, -0.1) is 24.0 Å². The molecule has 2 aromatic carbocycles. The third-order valence-corrected chi connectivity index (χ3v) is 4.49. The molecule has 0 aliphatic rings. The number of carbonyl (C=O) groups is 2. The number of benzene rings is 2. The number of guanidine groups is 1. The first-order chi connectivity index (χ1) is 14.5. The first-order valence-corrected chi connectivity index (χ1v) is 10.3. The van der Waals surface area contributed by atoms with Crippen LogP contribution < -0.4 is 21.3 Å². The van der Waals surface area contributed by atoms with Gasteiger partial charge in [-0.2, -0.15) is 0 Å². The highest BCUT2D eigenvalue weighted by molar-refractivity contribution is 14.0. The van der Waals surface area contributed by atoms with Crippen LogP contribution in [0.4, 0.5) is 0 Å². The summed E-state index contributed by atoms with van der Waals surface area (Å²) in [5.74, 6) is 0.433. The molecule has 0 unspecified atom stereocenters. The Morgan fingerprint density at radius 2 is 1.65 bits per heavy atom. The van der Waals surface area contributed by atoms with Gasteiger partial charge in [-0.3, -0.25) is 14.6 Å². The van der Waals surface area contributed by atoms with Gasteiger partial charge in [0.1, 0.15) is 0 Å². The van der Waals surface area contributed by atoms with E-state index < -0.39 is 0 Å². The van der Waals surface area contributed by atoms with Crippen LogP contribution >= 0.6 is 35.6 Å². The molecule has 0 saturated heterocycles. The van der Waals surface area contributed by atoms with Crippen molar-refractivity contribution in [2.75, 3.05) is 33.2 Å². The van der Waals surface area contributed by atoms with Gasteiger partial charge in [-0.1, -0.05) is 23.7 Å². The van der Waals surface area contributed by atoms with Crippen LogP contribution in [-0.4, -0.2) is 51.0 Å². The minimum atomic E-state index is -0.147. The molecule has 2 rings (SSSR count). The van der Waals surface area contributed by atoms with Crippen molar-refractivity contribution in [2.45, 2.75) is 13.3 Å². The molecular weight excluding hydrogens is 529 g/mol. The highest BCUT2D eigenvalue weighted by atomic mass is 127. The molecule has 0 spiro atoms. The number of nitrogens with one attached hydrogen (secondary N) is 4. The molecule has 0 atom stereocenters. The van der Waals surface area contributed by atoms with Gasteiger partial charge >= 0.3 is 0 Å². The Balaban J connectivity index is 0.00000480. The van der Waals surface area contributed by atoms with E-state index in [0.717, 1.165) is 12.1 Å². The van der Waals surface area contributed by atoms with E-state index >= 15 is 0 Å². The molecule has 0 aliphatic carbocycles. The standard InChI is InChI=1S/C22H28ClN5O2.HI/c1-3-25-22(27-12-11-16-5-4-6-18(15-16)20(29)24-2)28-14-13-26-21(30)17-7-9-19(23)10-8-17;/h4-10,15H,3,11-14H2,1-2H3,(H,24,29)(H,26,30)(H2,25,27,28);1H. The molecule has 31 heavy (non-hydrogen) atoms. The predicted octanol–water partition coefficient (Wildman–Crippen LogP) is 2.85. The lowest BCUT2D eigenvalue weighted by Crippen LogP contribution is -2.41. The highest BCUT2D eigenvalue weighted by Crippen LogP contribution is 2.09. The van der Waals surface area contributed by atoms with Gasteiger partial charge in [0.15, 0.2) is 5.96 Å². The van der Waals surface area contributed by atoms with Crippen molar-refractivity contribution in [1.82, 2.24) is 21.3 Å². The van der Waals surface area contributed by atoms with Gasteiger partial charge in [-0.25, -0.2) is 0 Å². The van der Waals surface area contributed by atoms with Crippen molar-refractivity contribution in [1.29, 1.82) is 0 Å². The molecule has 0 bridgehead atoms. The summed E-state index contributed by atoms with van der Waals surface area (Å²) in [5, 5.41) is 12.5. The van der Waals surface area contributed by atoms with Crippen molar-refractivity contribution in [2.24, 2.45) is 4.99 Å². The summed E-state index contributed by atoms with van der Waals surface area (Å²) < 4.78 is 0. The first-order valence-electron chi connectivity index (χ1n) is 9.90. The smallest absolute Gasteiger partial charge is 0.251 e. The van der Waals surface area contributed by atoms with Crippen LogP contribution in [-0.2, 0) is 6.42 Å². The molecule has 0 radical (unpaired) electrons. The lowest BCUT2D eigenvalue weighted by molar-refractivity contribution is 0.0949. The Morgan fingerprint density at radius 1 is 0.935 bits per heavy atom. The summed E-state index contributed by atoms with van der Waals surface area (Å²) in [4.78, 5) is 28.4. The predicted molar refractivity (Wildman–Crippen MR) is 137 cm³/mol. The van der Waals surface area contributed by atoms with E-state index in [-0.39, 0.29) is 35.8 Å². The minimum Gasteiger partial charge on any atom is -0.357 e. The van der Waals surface area contributed by atoms with Gasteiger partial charge in [0, 0.05) is 49.4 Å². The fourth-order valence-corrected chi connectivity index (χ4v) is 2.84. The van der Waals surface area contributed by atoms with E-state index in [9.17, 15) is 9.59 Å². The highest BCUT2D eigenvalue weighted by Gasteiger charge is 2.05. The van der Waals surface area contributed by atoms with Crippen LogP contribution in [0.15, 0.2) is 53.5 Å². The quantitative estimate of drug-likeness (QED) is 0.165. The minimum absolute atomic E-state index is 0. The molecule has 0 saturated carbocycles. The van der Waals surface area contributed by atoms with E-state index in [1.165, 1.54) is 0 Å². The third kappa shape index (κ3) is 9.56. The molecule has 0 heterocycles. The molecule has 4 N–H and O–H groups in total. The maximum Gasteiger partial charge on any atom is 0.251 e. The number of rotatable bonds is 9. The number of carbonyl (C=O) groups excluding carboxylic acids is 2. The summed E-state index contributed by atoms with van der Waals surface area (Å²) in [5.41, 5.74) is 2.25. The van der Waals surface area contributed by atoms with Crippen molar-refractivity contribution < 1.29 is 9.59 Å². The molecule has 0 fully saturated rings. The number of hydrogen-bond donors (Lipinski definition) is 4. The van der Waals surface area contributed by atoms with Crippen molar-refractivity contribution in [3.63, 3.8) is 0 Å². The van der Waals surface area contributed by atoms with Crippen LogP contribution in [0.2, 0.25) is 5.02 Å². The summed E-state index contributed by atoms with van der Waals surface area (Å²) in [6.07, 6.45) is 0.717. The molecule has 2 amide bonds. The zero-order valence-electron chi connectivity index (χ0n) is 17.7. The lowest BCUT2D eigenvalue weighted by Gasteiger charge is -2.12. The number of aliphatic imine (C=N–C) groups is 1. The van der Waals surface area contributed by atoms with Crippen molar-refractivity contribution in [3.8, 4) is 0 Å². The Bertz CT molecular complexity index is 874. The molecule has 9 heteroatoms. The fourth-order valence-electron chi connectivity index (χ4n) is 2.71. The molecule has 168 valence electrons. The van der Waals surface area contributed by atoms with Gasteiger partial charge in [0.05, 0.1) is 0 Å². The fraction of sp³-hybridized carbons (Fsp3) is 0.318. The number of hydrogen-bond acceptors (Lipinski definition) is 3. The molecule has 7 nitrogen and oxygen atoms in total. The SMILES string of the molecule is CCNC(=NCCc1cccc(C(=O)NC)c1)NCCNC(=O)c1ccc(Cl)cc1.I. The summed E-state index contributed by atoms with van der Waals surface area (Å²) in [6, 6.07) is 14.3. The number of halogens is 2. The van der Waals surface area contributed by atoms with Gasteiger partial charge in [-0.05, 0) is 55.3 Å². The van der Waals surface area contributed by atoms with Gasteiger partial charge < -0.3 is 21.3 Å². The number of nitrogens with zero attached hydrogens (tertiary/aromatic N) is 1. The van der Waals surface area contributed by atoms with Crippen LogP contribution in [0.3, 0.4) is 0 Å². The summed E-state index contributed by atoms with van der Waals surface area (Å²) >= 11 is 5.84. The van der Waals surface area contributed by atoms with Crippen LogP contribution in [0.1, 0.15) is 33.2 Å². The molecular formula is C22H29ClIN5O2. The Kier molecular flexibility index (Phi) is 12.6. The average Bonchev–Trinajstić information content (AvgIpc) is 2.76. The van der Waals surface area contributed by atoms with E-state index in [0.29, 0.717) is 48.2 Å². The largest absolute Gasteiger partial charge is 0.357 e. The van der Waals surface area contributed by atoms with Crippen LogP contribution in [0.5, 0.6) is 0 Å². The molecule has 2 aromatic rings. The van der Waals surface area contributed by atoms with E-state index in [1.807, 2.05) is 25.1 Å². The maximum atomic E-state index is 12.1. The second-order valence-corrected chi connectivity index (χ2v) is 6.92. The molecule has 0 aliphatic heterocycles. The van der Waals surface area contributed by atoms with Crippen LogP contribution in [0.25, 0.3) is 0 Å². The Labute approximate surface area is 205 Å². The summed E-state index contributed by atoms with van der Waals surface area (Å²) in [6.45, 7) is 4.29. The first kappa shape index (κ1) is 26.7. The topological polar surface area (TPSA) is 94.6 Å². The Hall–Kier alpha value is -2.33. The van der Waals surface area contributed by atoms with E-state index in [2.05, 4.69) is 26.3 Å². The lowest BCUT2D eigenvalue weighted by atomic mass is 10.1. The number of amides is 2. The van der Waals surface area contributed by atoms with Gasteiger partial charge in [0.25, 0.3) is 11.8 Å². The monoisotopic (exact) mass is 557 g/mol. The maximum absolute atomic E-state index is 12.1. The average molecular weight is 558 g/mol. The van der Waals surface area contributed by atoms with Crippen molar-refractivity contribution in [3.05, 3.63) is 70.2 Å². The van der Waals surface area contributed by atoms with Crippen LogP contribution in [0, 0.1) is 0 Å². The Morgan fingerprint density at radius 3 is 2.32 bits per heavy atom. The second-order valence-electron chi connectivity index (χ2n) is 6.48.